The summed E-state index contributed by atoms with van der Waals surface area (Å²) in [5, 5.41) is 11.8. The smallest absolute Gasteiger partial charge is 0.278 e. The van der Waals surface area contributed by atoms with Crippen LogP contribution in [0, 0.1) is 0 Å². The molecule has 7 nitrogen and oxygen atoms in total. The van der Waals surface area contributed by atoms with E-state index in [1.165, 1.54) is 16.4 Å². The Morgan fingerprint density at radius 3 is 2.40 bits per heavy atom. The summed E-state index contributed by atoms with van der Waals surface area (Å²) in [5.41, 5.74) is 0.894. The van der Waals surface area contributed by atoms with Crippen molar-refractivity contribution in [2.24, 2.45) is 0 Å². The van der Waals surface area contributed by atoms with E-state index in [0.29, 0.717) is 33.5 Å². The Hall–Kier alpha value is -3.52. The second-order valence-electron chi connectivity index (χ2n) is 6.85. The Bertz CT molecular complexity index is 1540. The van der Waals surface area contributed by atoms with Crippen molar-refractivity contribution in [1.82, 2.24) is 24.5 Å². The highest BCUT2D eigenvalue weighted by atomic mass is 32.2. The second-order valence-corrected chi connectivity index (χ2v) is 7.76. The molecular weight excluding hydrogens is 398 g/mol. The number of fused-ring (bicyclic) bond motifs is 3. The highest BCUT2D eigenvalue weighted by molar-refractivity contribution is 7.98. The van der Waals surface area contributed by atoms with Crippen molar-refractivity contribution in [2.45, 2.75) is 24.5 Å². The Labute approximate surface area is 175 Å². The summed E-state index contributed by atoms with van der Waals surface area (Å²) in [6.07, 6.45) is 0. The summed E-state index contributed by atoms with van der Waals surface area (Å²) in [7, 11) is 0. The van der Waals surface area contributed by atoms with Gasteiger partial charge in [-0.25, -0.2) is 4.98 Å². The van der Waals surface area contributed by atoms with Crippen molar-refractivity contribution in [1.29, 1.82) is 0 Å². The molecule has 0 unspecified atom stereocenters. The van der Waals surface area contributed by atoms with Crippen LogP contribution < -0.4 is 11.1 Å². The fourth-order valence-corrected chi connectivity index (χ4v) is 4.44. The third-order valence-electron chi connectivity index (χ3n) is 5.05. The van der Waals surface area contributed by atoms with Gasteiger partial charge in [0.05, 0.1) is 22.2 Å². The number of thioether (sulfide) groups is 1. The van der Waals surface area contributed by atoms with Gasteiger partial charge in [0.1, 0.15) is 5.52 Å². The lowest BCUT2D eigenvalue weighted by atomic mass is 10.1. The van der Waals surface area contributed by atoms with E-state index >= 15 is 0 Å². The van der Waals surface area contributed by atoms with Gasteiger partial charge >= 0.3 is 0 Å². The molecule has 5 aromatic rings. The lowest BCUT2D eigenvalue weighted by Crippen LogP contribution is -2.25. The van der Waals surface area contributed by atoms with E-state index in [0.717, 1.165) is 10.8 Å². The summed E-state index contributed by atoms with van der Waals surface area (Å²) < 4.78 is 2.92. The van der Waals surface area contributed by atoms with Crippen LogP contribution in [-0.4, -0.2) is 24.5 Å². The molecule has 3 aromatic carbocycles. The first kappa shape index (κ1) is 18.5. The molecule has 5 rings (SSSR count). The van der Waals surface area contributed by atoms with Gasteiger partial charge in [-0.2, -0.15) is 4.68 Å². The molecule has 0 aliphatic heterocycles. The van der Waals surface area contributed by atoms with E-state index in [2.05, 4.69) is 10.3 Å². The van der Waals surface area contributed by atoms with Crippen LogP contribution in [0.5, 0.6) is 0 Å². The van der Waals surface area contributed by atoms with E-state index in [1.54, 1.807) is 22.8 Å². The number of hydrogen-bond acceptors (Lipinski definition) is 6. The Balaban J connectivity index is 1.58. The lowest BCUT2D eigenvalue weighted by molar-refractivity contribution is 0.619. The van der Waals surface area contributed by atoms with Crippen LogP contribution in [0.1, 0.15) is 6.92 Å². The van der Waals surface area contributed by atoms with Crippen LogP contribution in [0.25, 0.3) is 32.6 Å². The summed E-state index contributed by atoms with van der Waals surface area (Å²) in [5.74, 6) is 0.211. The predicted molar refractivity (Wildman–Crippen MR) is 119 cm³/mol. The molecule has 0 radical (unpaired) electrons. The summed E-state index contributed by atoms with van der Waals surface area (Å²) in [6, 6.07) is 18.8. The maximum absolute atomic E-state index is 13.1. The van der Waals surface area contributed by atoms with E-state index in [9.17, 15) is 9.59 Å². The molecule has 0 saturated heterocycles. The average Bonchev–Trinajstić information content (AvgIpc) is 2.78. The zero-order chi connectivity index (χ0) is 20.7. The van der Waals surface area contributed by atoms with Gasteiger partial charge in [-0.1, -0.05) is 53.4 Å². The fraction of sp³-hybridized carbons (Fsp3) is 0.136. The summed E-state index contributed by atoms with van der Waals surface area (Å²) in [4.78, 5) is 30.5. The number of rotatable bonds is 4. The molecule has 0 aliphatic carbocycles. The van der Waals surface area contributed by atoms with Gasteiger partial charge < -0.3 is 0 Å². The molecule has 0 amide bonds. The zero-order valence-corrected chi connectivity index (χ0v) is 17.0. The highest BCUT2D eigenvalue weighted by Gasteiger charge is 2.13. The first-order valence-electron chi connectivity index (χ1n) is 9.54. The van der Waals surface area contributed by atoms with Crippen molar-refractivity contribution in [2.75, 3.05) is 0 Å². The largest absolute Gasteiger partial charge is 0.287 e. The van der Waals surface area contributed by atoms with Crippen LogP contribution in [0.2, 0.25) is 0 Å². The quantitative estimate of drug-likeness (QED) is 0.254. The number of benzene rings is 3. The normalized spacial score (nSPS) is 11.5. The standard InChI is InChI=1S/C22H17N5O2S/c1-2-26-20(28)17-11-14-7-3-4-8-15(14)12-19(17)23-22(26)30-13-27-21(29)16-9-5-6-10-18(16)24-25-27/h3-12H,2,13H2,1H3. The predicted octanol–water partition coefficient (Wildman–Crippen LogP) is 3.42. The van der Waals surface area contributed by atoms with E-state index in [1.807, 2.05) is 49.4 Å². The molecule has 0 aliphatic rings. The molecule has 2 heterocycles. The van der Waals surface area contributed by atoms with Crippen molar-refractivity contribution in [3.05, 3.63) is 81.4 Å². The van der Waals surface area contributed by atoms with Crippen molar-refractivity contribution >= 4 is 44.3 Å². The minimum absolute atomic E-state index is 0.0901. The van der Waals surface area contributed by atoms with Crippen LogP contribution in [0.3, 0.4) is 0 Å². The third kappa shape index (κ3) is 3.05. The molecule has 0 bridgehead atoms. The van der Waals surface area contributed by atoms with Gasteiger partial charge in [-0.3, -0.25) is 14.2 Å². The SMILES string of the molecule is CCn1c(SCn2nnc3ccccc3c2=O)nc2cc3ccccc3cc2c1=O. The minimum Gasteiger partial charge on any atom is -0.287 e. The fourth-order valence-electron chi connectivity index (χ4n) is 3.50. The van der Waals surface area contributed by atoms with E-state index < -0.39 is 0 Å². The highest BCUT2D eigenvalue weighted by Crippen LogP contribution is 2.23. The number of aromatic nitrogens is 5. The monoisotopic (exact) mass is 415 g/mol. The number of hydrogen-bond donors (Lipinski definition) is 0. The Morgan fingerprint density at radius 1 is 0.867 bits per heavy atom. The average molecular weight is 415 g/mol. The Morgan fingerprint density at radius 2 is 1.60 bits per heavy atom. The molecule has 0 fully saturated rings. The molecular formula is C22H17N5O2S. The van der Waals surface area contributed by atoms with Crippen LogP contribution in [-0.2, 0) is 12.4 Å². The van der Waals surface area contributed by atoms with Crippen LogP contribution >= 0.6 is 11.8 Å². The van der Waals surface area contributed by atoms with Crippen molar-refractivity contribution < 1.29 is 0 Å². The van der Waals surface area contributed by atoms with Crippen LogP contribution in [0.4, 0.5) is 0 Å². The molecule has 30 heavy (non-hydrogen) atoms. The molecule has 2 aromatic heterocycles. The molecule has 148 valence electrons. The van der Waals surface area contributed by atoms with Gasteiger partial charge in [-0.15, -0.1) is 5.10 Å². The van der Waals surface area contributed by atoms with E-state index in [4.69, 9.17) is 4.98 Å². The third-order valence-corrected chi connectivity index (χ3v) is 5.99. The van der Waals surface area contributed by atoms with Crippen molar-refractivity contribution in [3.8, 4) is 0 Å². The van der Waals surface area contributed by atoms with Gasteiger partial charge in [-0.05, 0) is 42.0 Å². The maximum Gasteiger partial charge on any atom is 0.278 e. The summed E-state index contributed by atoms with van der Waals surface area (Å²) >= 11 is 1.29. The molecule has 8 heteroatoms. The second kappa shape index (κ2) is 7.38. The first-order valence-corrected chi connectivity index (χ1v) is 10.5. The molecule has 0 atom stereocenters. The van der Waals surface area contributed by atoms with Gasteiger partial charge in [0.25, 0.3) is 11.1 Å². The van der Waals surface area contributed by atoms with Gasteiger partial charge in [0.15, 0.2) is 5.16 Å². The van der Waals surface area contributed by atoms with Crippen molar-refractivity contribution in [3.63, 3.8) is 0 Å². The molecule has 0 spiro atoms. The summed E-state index contributed by atoms with van der Waals surface area (Å²) in [6.45, 7) is 2.39. The lowest BCUT2D eigenvalue weighted by Gasteiger charge is -2.12. The number of nitrogens with zero attached hydrogens (tertiary/aromatic N) is 5. The topological polar surface area (TPSA) is 82.7 Å². The Kier molecular flexibility index (Phi) is 4.55. The van der Waals surface area contributed by atoms with Gasteiger partial charge in [0.2, 0.25) is 0 Å². The minimum atomic E-state index is -0.217. The molecule has 0 saturated carbocycles. The zero-order valence-electron chi connectivity index (χ0n) is 16.1. The maximum atomic E-state index is 13.1. The van der Waals surface area contributed by atoms with Gasteiger partial charge in [0, 0.05) is 6.54 Å². The van der Waals surface area contributed by atoms with E-state index in [-0.39, 0.29) is 17.0 Å². The first-order chi connectivity index (χ1) is 14.7. The molecule has 0 N–H and O–H groups in total. The van der Waals surface area contributed by atoms with Crippen LogP contribution in [0.15, 0.2) is 75.4 Å².